The fourth-order valence-electron chi connectivity index (χ4n) is 3.28. The molecule has 2 aromatic rings. The second-order valence-electron chi connectivity index (χ2n) is 7.32. The number of allylic oxidation sites excluding steroid dienone is 1. The van der Waals surface area contributed by atoms with Gasteiger partial charge >= 0.3 is 0 Å². The topological polar surface area (TPSA) is 107 Å². The molecule has 0 radical (unpaired) electrons. The molecule has 33 heavy (non-hydrogen) atoms. The van der Waals surface area contributed by atoms with Crippen LogP contribution in [-0.2, 0) is 29.1 Å². The molecule has 0 aliphatic rings. The summed E-state index contributed by atoms with van der Waals surface area (Å²) in [7, 11) is -8.37. The number of hydrogen-bond donors (Lipinski definition) is 1. The Morgan fingerprint density at radius 2 is 1.18 bits per heavy atom. The van der Waals surface area contributed by atoms with Crippen LogP contribution in [0.5, 0.6) is 0 Å². The van der Waals surface area contributed by atoms with Gasteiger partial charge in [-0.05, 0) is 51.0 Å². The van der Waals surface area contributed by atoms with Crippen LogP contribution in [0.1, 0.15) is 33.1 Å². The number of benzene rings is 2. The van der Waals surface area contributed by atoms with Crippen molar-refractivity contribution in [2.24, 2.45) is 0 Å². The van der Waals surface area contributed by atoms with Crippen molar-refractivity contribution in [2.75, 3.05) is 13.2 Å². The monoisotopic (exact) mass is 496 g/mol. The minimum Gasteiger partial charge on any atom is -0.393 e. The zero-order valence-electron chi connectivity index (χ0n) is 18.9. The van der Waals surface area contributed by atoms with E-state index in [1.165, 1.54) is 30.3 Å². The lowest BCUT2D eigenvalue weighted by atomic mass is 10.1. The van der Waals surface area contributed by atoms with Crippen molar-refractivity contribution in [1.82, 2.24) is 0 Å². The third-order valence-electron chi connectivity index (χ3n) is 4.91. The van der Waals surface area contributed by atoms with Gasteiger partial charge in [-0.15, -0.1) is 0 Å². The highest BCUT2D eigenvalue weighted by molar-refractivity contribution is 8.09. The molecule has 0 aliphatic carbocycles. The lowest BCUT2D eigenvalue weighted by Gasteiger charge is -2.19. The first-order chi connectivity index (χ1) is 15.7. The van der Waals surface area contributed by atoms with Gasteiger partial charge in [-0.25, -0.2) is 16.8 Å². The van der Waals surface area contributed by atoms with Crippen LogP contribution in [0.25, 0.3) is 0 Å². The fraction of sp³-hybridized carbons (Fsp3) is 0.417. The van der Waals surface area contributed by atoms with E-state index >= 15 is 0 Å². The predicted molar refractivity (Wildman–Crippen MR) is 127 cm³/mol. The number of aliphatic hydroxyl groups excluding tert-OH is 1. The van der Waals surface area contributed by atoms with E-state index in [4.69, 9.17) is 9.47 Å². The molecule has 9 heteroatoms. The highest BCUT2D eigenvalue weighted by Gasteiger charge is 2.38. The van der Waals surface area contributed by atoms with Crippen LogP contribution in [-0.4, -0.2) is 52.1 Å². The maximum Gasteiger partial charge on any atom is 0.196 e. The van der Waals surface area contributed by atoms with Crippen molar-refractivity contribution >= 4 is 19.7 Å². The molecule has 0 bridgehead atoms. The first-order valence-electron chi connectivity index (χ1n) is 10.9. The Bertz CT molecular complexity index is 991. The Morgan fingerprint density at radius 3 is 1.61 bits per heavy atom. The maximum absolute atomic E-state index is 13.3. The normalized spacial score (nSPS) is 13.7. The maximum atomic E-state index is 13.3. The average Bonchev–Trinajstić information content (AvgIpc) is 2.80. The molecule has 1 N–H and O–H groups in total. The van der Waals surface area contributed by atoms with Gasteiger partial charge in [0.25, 0.3) is 0 Å². The summed E-state index contributed by atoms with van der Waals surface area (Å²) in [4.78, 5) is -0.113. The summed E-state index contributed by atoms with van der Waals surface area (Å²) < 4.78 is 62.2. The van der Waals surface area contributed by atoms with Gasteiger partial charge in [-0.2, -0.15) is 0 Å². The summed E-state index contributed by atoms with van der Waals surface area (Å²) in [6.07, 6.45) is 1.98. The van der Waals surface area contributed by atoms with E-state index in [0.29, 0.717) is 13.2 Å². The molecule has 182 valence electrons. The third kappa shape index (κ3) is 7.75. The van der Waals surface area contributed by atoms with Gasteiger partial charge in [0.1, 0.15) is 0 Å². The molecule has 2 aromatic carbocycles. The molecule has 0 saturated heterocycles. The first-order valence-corrected chi connectivity index (χ1v) is 14.0. The van der Waals surface area contributed by atoms with Gasteiger partial charge in [-0.3, -0.25) is 0 Å². The standard InChI is InChI=1S/C24H32O7S2/c1-3-30-23(31-4-2)19-20(25)13-11-12-18-24(32(26,27)21-14-7-5-8-15-21)33(28,29)22-16-9-6-10-17-22/h5-12,14-17,20,23-25H,3-4,13,18-19H2,1-2H3/b12-11-. The number of aliphatic hydroxyl groups is 1. The summed E-state index contributed by atoms with van der Waals surface area (Å²) in [6.45, 7) is 4.56. The lowest BCUT2D eigenvalue weighted by molar-refractivity contribution is -0.152. The Balaban J connectivity index is 2.22. The number of hydrogen-bond acceptors (Lipinski definition) is 7. The molecule has 2 rings (SSSR count). The molecular formula is C24H32O7S2. The first kappa shape index (κ1) is 27.2. The summed E-state index contributed by atoms with van der Waals surface area (Å²) >= 11 is 0. The van der Waals surface area contributed by atoms with E-state index in [1.54, 1.807) is 42.5 Å². The largest absolute Gasteiger partial charge is 0.393 e. The zero-order valence-corrected chi connectivity index (χ0v) is 20.5. The second kappa shape index (κ2) is 13.0. The van der Waals surface area contributed by atoms with Crippen LogP contribution in [0.15, 0.2) is 82.6 Å². The lowest BCUT2D eigenvalue weighted by Crippen LogP contribution is -2.30. The molecule has 0 heterocycles. The highest BCUT2D eigenvalue weighted by Crippen LogP contribution is 2.28. The van der Waals surface area contributed by atoms with E-state index in [-0.39, 0.29) is 29.1 Å². The minimum absolute atomic E-state index is 0.0563. The van der Waals surface area contributed by atoms with Crippen LogP contribution >= 0.6 is 0 Å². The summed E-state index contributed by atoms with van der Waals surface area (Å²) in [6, 6.07) is 15.1. The minimum atomic E-state index is -4.18. The van der Waals surface area contributed by atoms with Gasteiger partial charge in [0.2, 0.25) is 0 Å². The molecular weight excluding hydrogens is 464 g/mol. The smallest absolute Gasteiger partial charge is 0.196 e. The van der Waals surface area contributed by atoms with Gasteiger partial charge in [0.05, 0.1) is 15.9 Å². The molecule has 0 saturated carbocycles. The zero-order chi connectivity index (χ0) is 24.3. The van der Waals surface area contributed by atoms with Crippen LogP contribution in [0.4, 0.5) is 0 Å². The van der Waals surface area contributed by atoms with Crippen LogP contribution in [0.3, 0.4) is 0 Å². The molecule has 0 aromatic heterocycles. The number of rotatable bonds is 14. The Labute approximate surface area is 196 Å². The van der Waals surface area contributed by atoms with Crippen molar-refractivity contribution < 1.29 is 31.4 Å². The van der Waals surface area contributed by atoms with Gasteiger partial charge < -0.3 is 14.6 Å². The molecule has 0 spiro atoms. The van der Waals surface area contributed by atoms with Crippen molar-refractivity contribution in [2.45, 2.75) is 59.9 Å². The predicted octanol–water partition coefficient (Wildman–Crippen LogP) is 3.75. The quantitative estimate of drug-likeness (QED) is 0.314. The molecule has 1 atom stereocenters. The van der Waals surface area contributed by atoms with Gasteiger partial charge in [0.15, 0.2) is 30.5 Å². The van der Waals surface area contributed by atoms with Crippen molar-refractivity contribution in [3.05, 3.63) is 72.8 Å². The molecule has 0 aliphatic heterocycles. The van der Waals surface area contributed by atoms with E-state index in [1.807, 2.05) is 13.8 Å². The molecule has 1 unspecified atom stereocenters. The third-order valence-corrected chi connectivity index (χ3v) is 10.1. The SMILES string of the molecule is CCOC(CC(O)C/C=C\CC(S(=O)(=O)c1ccccc1)S(=O)(=O)c1ccccc1)OCC. The average molecular weight is 497 g/mol. The van der Waals surface area contributed by atoms with Crippen molar-refractivity contribution in [1.29, 1.82) is 0 Å². The van der Waals surface area contributed by atoms with Crippen LogP contribution in [0.2, 0.25) is 0 Å². The molecule has 7 nitrogen and oxygen atoms in total. The van der Waals surface area contributed by atoms with Crippen LogP contribution in [0, 0.1) is 0 Å². The Hall–Kier alpha value is -2.04. The second-order valence-corrected chi connectivity index (χ2v) is 11.9. The highest BCUT2D eigenvalue weighted by atomic mass is 32.3. The summed E-state index contributed by atoms with van der Waals surface area (Å²) in [5.41, 5.74) is 0. The summed E-state index contributed by atoms with van der Waals surface area (Å²) in [5, 5.41) is 10.3. The number of ether oxygens (including phenoxy) is 2. The van der Waals surface area contributed by atoms with Gasteiger partial charge in [-0.1, -0.05) is 48.6 Å². The summed E-state index contributed by atoms with van der Waals surface area (Å²) in [5.74, 6) is 0. The molecule has 0 fully saturated rings. The van der Waals surface area contributed by atoms with Crippen molar-refractivity contribution in [3.63, 3.8) is 0 Å². The van der Waals surface area contributed by atoms with E-state index < -0.39 is 36.7 Å². The fourth-order valence-corrected chi connectivity index (χ4v) is 7.69. The Morgan fingerprint density at radius 1 is 0.758 bits per heavy atom. The van der Waals surface area contributed by atoms with E-state index in [0.717, 1.165) is 0 Å². The van der Waals surface area contributed by atoms with Crippen molar-refractivity contribution in [3.8, 4) is 0 Å². The molecule has 0 amide bonds. The van der Waals surface area contributed by atoms with Crippen LogP contribution < -0.4 is 0 Å². The van der Waals surface area contributed by atoms with Gasteiger partial charge in [0, 0.05) is 19.6 Å². The Kier molecular flexibility index (Phi) is 10.7. The number of sulfone groups is 2. The van der Waals surface area contributed by atoms with E-state index in [2.05, 4.69) is 0 Å². The van der Waals surface area contributed by atoms with E-state index in [9.17, 15) is 21.9 Å².